The van der Waals surface area contributed by atoms with Crippen molar-refractivity contribution < 1.29 is 32.2 Å². The van der Waals surface area contributed by atoms with Gasteiger partial charge < -0.3 is 19.1 Å². The molecule has 2 aromatic carbocycles. The van der Waals surface area contributed by atoms with Crippen LogP contribution in [0.3, 0.4) is 0 Å². The summed E-state index contributed by atoms with van der Waals surface area (Å²) in [7, 11) is 0. The number of ether oxygens (including phenoxy) is 3. The van der Waals surface area contributed by atoms with Crippen LogP contribution in [0, 0.1) is 0 Å². The van der Waals surface area contributed by atoms with Crippen LogP contribution in [0.2, 0.25) is 0 Å². The molecule has 0 aromatic heterocycles. The molecule has 5 nitrogen and oxygen atoms in total. The number of carbonyl (C=O) groups excluding carboxylic acids is 1. The van der Waals surface area contributed by atoms with Crippen LogP contribution in [-0.2, 0) is 4.74 Å². The van der Waals surface area contributed by atoms with Crippen molar-refractivity contribution in [3.05, 3.63) is 59.7 Å². The lowest BCUT2D eigenvalue weighted by Crippen LogP contribution is -2.40. The molecule has 0 spiro atoms. The van der Waals surface area contributed by atoms with Gasteiger partial charge in [0.15, 0.2) is 6.61 Å². The topological polar surface area (TPSA) is 48.0 Å². The average Bonchev–Trinajstić information content (AvgIpc) is 2.72. The number of hydrogen-bond acceptors (Lipinski definition) is 4. The van der Waals surface area contributed by atoms with Crippen molar-refractivity contribution in [2.24, 2.45) is 0 Å². The van der Waals surface area contributed by atoms with Crippen LogP contribution in [-0.4, -0.2) is 42.5 Å². The Kier molecular flexibility index (Phi) is 7.56. The minimum Gasteiger partial charge on any atom is -0.484 e. The standard InChI is InChI=1S/C25H28F3NO4/c1-24(2,3)33-23(30)29-13-11-18(12-14-29)15-19-5-4-6-22(16-19)32-21-9-7-20(8-10-21)31-17-25(26,27)28/h4-10,15-16H,11-14,17H2,1-3H3. The highest BCUT2D eigenvalue weighted by Crippen LogP contribution is 2.27. The molecule has 1 heterocycles. The van der Waals surface area contributed by atoms with E-state index in [1.165, 1.54) is 17.7 Å². The summed E-state index contributed by atoms with van der Waals surface area (Å²) in [5.41, 5.74) is 1.70. The average molecular weight is 463 g/mol. The van der Waals surface area contributed by atoms with Gasteiger partial charge in [-0.15, -0.1) is 0 Å². The number of alkyl halides is 3. The fraction of sp³-hybridized carbons (Fsp3) is 0.400. The van der Waals surface area contributed by atoms with Gasteiger partial charge in [-0.1, -0.05) is 23.8 Å². The monoisotopic (exact) mass is 463 g/mol. The van der Waals surface area contributed by atoms with Gasteiger partial charge in [0.05, 0.1) is 0 Å². The van der Waals surface area contributed by atoms with Gasteiger partial charge in [-0.3, -0.25) is 0 Å². The lowest BCUT2D eigenvalue weighted by atomic mass is 10.0. The van der Waals surface area contributed by atoms with E-state index in [0.717, 1.165) is 18.4 Å². The fourth-order valence-corrected chi connectivity index (χ4v) is 3.26. The molecule has 1 saturated heterocycles. The zero-order valence-corrected chi connectivity index (χ0v) is 18.9. The van der Waals surface area contributed by atoms with Crippen LogP contribution in [0.4, 0.5) is 18.0 Å². The Morgan fingerprint density at radius 2 is 1.61 bits per heavy atom. The van der Waals surface area contributed by atoms with Crippen molar-refractivity contribution in [1.82, 2.24) is 4.90 Å². The number of nitrogens with zero attached hydrogens (tertiary/aromatic N) is 1. The second-order valence-electron chi connectivity index (χ2n) is 8.82. The molecule has 0 N–H and O–H groups in total. The molecule has 1 amide bonds. The highest BCUT2D eigenvalue weighted by atomic mass is 19.4. The summed E-state index contributed by atoms with van der Waals surface area (Å²) in [6.07, 6.45) is -1.04. The Bertz CT molecular complexity index is 968. The van der Waals surface area contributed by atoms with E-state index in [1.54, 1.807) is 23.1 Å². The van der Waals surface area contributed by atoms with E-state index in [9.17, 15) is 18.0 Å². The van der Waals surface area contributed by atoms with Crippen LogP contribution >= 0.6 is 0 Å². The van der Waals surface area contributed by atoms with Gasteiger partial charge in [-0.2, -0.15) is 13.2 Å². The van der Waals surface area contributed by atoms with Crippen LogP contribution in [0.15, 0.2) is 54.1 Å². The third-order valence-electron chi connectivity index (χ3n) is 4.75. The first-order valence-corrected chi connectivity index (χ1v) is 10.7. The van der Waals surface area contributed by atoms with E-state index in [4.69, 9.17) is 14.2 Å². The number of piperidine rings is 1. The van der Waals surface area contributed by atoms with E-state index in [2.05, 4.69) is 6.08 Å². The third-order valence-corrected chi connectivity index (χ3v) is 4.75. The van der Waals surface area contributed by atoms with E-state index < -0.39 is 18.4 Å². The molecule has 0 bridgehead atoms. The summed E-state index contributed by atoms with van der Waals surface area (Å²) in [6, 6.07) is 13.5. The van der Waals surface area contributed by atoms with Gasteiger partial charge in [-0.25, -0.2) is 4.79 Å². The molecule has 8 heteroatoms. The Hall–Kier alpha value is -3.16. The normalized spacial score (nSPS) is 14.6. The predicted octanol–water partition coefficient (Wildman–Crippen LogP) is 6.83. The van der Waals surface area contributed by atoms with E-state index >= 15 is 0 Å². The van der Waals surface area contributed by atoms with Crippen molar-refractivity contribution in [3.63, 3.8) is 0 Å². The van der Waals surface area contributed by atoms with Crippen LogP contribution in [0.5, 0.6) is 17.2 Å². The zero-order chi connectivity index (χ0) is 24.1. The van der Waals surface area contributed by atoms with Crippen LogP contribution in [0.1, 0.15) is 39.2 Å². The summed E-state index contributed by atoms with van der Waals surface area (Å²) in [5, 5.41) is 0. The van der Waals surface area contributed by atoms with E-state index in [1.807, 2.05) is 39.0 Å². The first-order valence-electron chi connectivity index (χ1n) is 10.7. The van der Waals surface area contributed by atoms with Gasteiger partial charge in [0.25, 0.3) is 0 Å². The lowest BCUT2D eigenvalue weighted by molar-refractivity contribution is -0.153. The summed E-state index contributed by atoms with van der Waals surface area (Å²) in [5.74, 6) is 1.22. The summed E-state index contributed by atoms with van der Waals surface area (Å²) < 4.78 is 52.7. The smallest absolute Gasteiger partial charge is 0.422 e. The Morgan fingerprint density at radius 3 is 2.21 bits per heavy atom. The predicted molar refractivity (Wildman–Crippen MR) is 120 cm³/mol. The van der Waals surface area contributed by atoms with Gasteiger partial charge in [0.2, 0.25) is 0 Å². The number of rotatable bonds is 5. The zero-order valence-electron chi connectivity index (χ0n) is 18.9. The maximum Gasteiger partial charge on any atom is 0.422 e. The number of likely N-dealkylation sites (tertiary alicyclic amines) is 1. The van der Waals surface area contributed by atoms with Gasteiger partial charge in [0, 0.05) is 13.1 Å². The van der Waals surface area contributed by atoms with E-state index in [0.29, 0.717) is 24.6 Å². The Labute approximate surface area is 191 Å². The maximum absolute atomic E-state index is 12.3. The van der Waals surface area contributed by atoms with Crippen molar-refractivity contribution in [3.8, 4) is 17.2 Å². The Morgan fingerprint density at radius 1 is 0.970 bits per heavy atom. The first kappa shape index (κ1) is 24.5. The molecule has 3 rings (SSSR count). The molecule has 0 unspecified atom stereocenters. The Balaban J connectivity index is 1.56. The molecule has 2 aromatic rings. The van der Waals surface area contributed by atoms with Gasteiger partial charge in [0.1, 0.15) is 22.8 Å². The molecule has 0 aliphatic carbocycles. The van der Waals surface area contributed by atoms with Crippen molar-refractivity contribution >= 4 is 12.2 Å². The van der Waals surface area contributed by atoms with Gasteiger partial charge in [-0.05, 0) is 75.6 Å². The molecular formula is C25H28F3NO4. The summed E-state index contributed by atoms with van der Waals surface area (Å²) >= 11 is 0. The van der Waals surface area contributed by atoms with E-state index in [-0.39, 0.29) is 11.8 Å². The second-order valence-corrected chi connectivity index (χ2v) is 8.82. The summed E-state index contributed by atoms with van der Waals surface area (Å²) in [6.45, 7) is 5.45. The largest absolute Gasteiger partial charge is 0.484 e. The molecule has 178 valence electrons. The summed E-state index contributed by atoms with van der Waals surface area (Å²) in [4.78, 5) is 13.9. The molecular weight excluding hydrogens is 435 g/mol. The SMILES string of the molecule is CC(C)(C)OC(=O)N1CCC(=Cc2cccc(Oc3ccc(OCC(F)(F)F)cc3)c2)CC1. The number of carbonyl (C=O) groups is 1. The highest BCUT2D eigenvalue weighted by Gasteiger charge is 2.28. The first-order chi connectivity index (χ1) is 15.5. The molecule has 0 radical (unpaired) electrons. The minimum atomic E-state index is -4.38. The number of benzene rings is 2. The lowest BCUT2D eigenvalue weighted by Gasteiger charge is -2.31. The molecule has 0 saturated carbocycles. The number of amides is 1. The number of halogens is 3. The molecule has 1 aliphatic heterocycles. The molecule has 1 aliphatic rings. The highest BCUT2D eigenvalue weighted by molar-refractivity contribution is 5.68. The molecule has 0 atom stereocenters. The minimum absolute atomic E-state index is 0.121. The quantitative estimate of drug-likeness (QED) is 0.487. The third kappa shape index (κ3) is 8.36. The van der Waals surface area contributed by atoms with Crippen LogP contribution in [0.25, 0.3) is 6.08 Å². The van der Waals surface area contributed by atoms with Crippen molar-refractivity contribution in [2.45, 2.75) is 45.4 Å². The van der Waals surface area contributed by atoms with Crippen molar-refractivity contribution in [1.29, 1.82) is 0 Å². The maximum atomic E-state index is 12.3. The molecule has 33 heavy (non-hydrogen) atoms. The van der Waals surface area contributed by atoms with Crippen molar-refractivity contribution in [2.75, 3.05) is 19.7 Å². The second kappa shape index (κ2) is 10.2. The number of hydrogen-bond donors (Lipinski definition) is 0. The fourth-order valence-electron chi connectivity index (χ4n) is 3.26. The van der Waals surface area contributed by atoms with Crippen LogP contribution < -0.4 is 9.47 Å². The van der Waals surface area contributed by atoms with Gasteiger partial charge >= 0.3 is 12.3 Å². The molecule has 1 fully saturated rings.